The third-order valence-electron chi connectivity index (χ3n) is 3.32. The minimum atomic E-state index is -0.180. The zero-order valence-electron chi connectivity index (χ0n) is 11.2. The lowest BCUT2D eigenvalue weighted by atomic mass is 10.1. The second-order valence-corrected chi connectivity index (χ2v) is 5.79. The fraction of sp³-hybridized carbons (Fsp3) is 0.429. The second-order valence-electron chi connectivity index (χ2n) is 4.84. The Morgan fingerprint density at radius 2 is 2.50 bits per heavy atom. The van der Waals surface area contributed by atoms with Gasteiger partial charge in [-0.3, -0.25) is 4.79 Å². The van der Waals surface area contributed by atoms with Crippen molar-refractivity contribution in [2.45, 2.75) is 13.3 Å². The van der Waals surface area contributed by atoms with Crippen LogP contribution in [-0.2, 0) is 4.74 Å². The molecule has 1 aliphatic heterocycles. The van der Waals surface area contributed by atoms with Crippen molar-refractivity contribution in [3.63, 3.8) is 0 Å². The fourth-order valence-corrected chi connectivity index (χ4v) is 2.83. The first-order valence-electron chi connectivity index (χ1n) is 6.61. The molecule has 1 saturated heterocycles. The predicted octanol–water partition coefficient (Wildman–Crippen LogP) is 2.48. The van der Waals surface area contributed by atoms with Crippen LogP contribution in [0.5, 0.6) is 0 Å². The highest BCUT2D eigenvalue weighted by Crippen LogP contribution is 2.25. The maximum atomic E-state index is 12.1. The van der Waals surface area contributed by atoms with Crippen LogP contribution in [0.2, 0.25) is 0 Å². The summed E-state index contributed by atoms with van der Waals surface area (Å²) in [5.41, 5.74) is 0.368. The van der Waals surface area contributed by atoms with Crippen LogP contribution in [0.4, 0.5) is 0 Å². The van der Waals surface area contributed by atoms with Crippen LogP contribution in [0.3, 0.4) is 0 Å². The number of rotatable bonds is 4. The van der Waals surface area contributed by atoms with E-state index in [1.165, 1.54) is 11.3 Å². The number of nitrogens with one attached hydrogen (secondary N) is 1. The maximum absolute atomic E-state index is 12.1. The largest absolute Gasteiger partial charge is 0.440 e. The van der Waals surface area contributed by atoms with E-state index in [-0.39, 0.29) is 5.91 Å². The van der Waals surface area contributed by atoms with E-state index in [2.05, 4.69) is 10.3 Å². The van der Waals surface area contributed by atoms with E-state index in [0.29, 0.717) is 29.8 Å². The number of hydrogen-bond acceptors (Lipinski definition) is 5. The Hall–Kier alpha value is -1.66. The molecule has 0 bridgehead atoms. The lowest BCUT2D eigenvalue weighted by molar-refractivity contribution is 0.0939. The Balaban J connectivity index is 1.68. The quantitative estimate of drug-likeness (QED) is 0.940. The Labute approximate surface area is 121 Å². The van der Waals surface area contributed by atoms with E-state index in [1.807, 2.05) is 17.5 Å². The highest BCUT2D eigenvalue weighted by molar-refractivity contribution is 7.13. The molecule has 1 amide bonds. The molecule has 106 valence electrons. The Morgan fingerprint density at radius 1 is 1.60 bits per heavy atom. The van der Waals surface area contributed by atoms with Crippen LogP contribution in [0, 0.1) is 12.8 Å². The van der Waals surface area contributed by atoms with Gasteiger partial charge in [0.2, 0.25) is 5.89 Å². The van der Waals surface area contributed by atoms with Crippen molar-refractivity contribution >= 4 is 17.2 Å². The first kappa shape index (κ1) is 13.3. The summed E-state index contributed by atoms with van der Waals surface area (Å²) < 4.78 is 10.9. The first-order valence-corrected chi connectivity index (χ1v) is 7.49. The second kappa shape index (κ2) is 5.76. The molecule has 3 rings (SSSR count). The number of nitrogens with zero attached hydrogens (tertiary/aromatic N) is 1. The van der Waals surface area contributed by atoms with Crippen molar-refractivity contribution in [1.29, 1.82) is 0 Å². The minimum absolute atomic E-state index is 0.180. The molecule has 0 radical (unpaired) electrons. The van der Waals surface area contributed by atoms with Crippen molar-refractivity contribution in [2.24, 2.45) is 5.92 Å². The van der Waals surface area contributed by atoms with Crippen molar-refractivity contribution in [2.75, 3.05) is 19.8 Å². The molecule has 0 saturated carbocycles. The summed E-state index contributed by atoms with van der Waals surface area (Å²) >= 11 is 1.54. The molecule has 5 nitrogen and oxygen atoms in total. The average Bonchev–Trinajstić information content (AvgIpc) is 3.17. The smallest absolute Gasteiger partial charge is 0.273 e. The van der Waals surface area contributed by atoms with Gasteiger partial charge in [-0.25, -0.2) is 4.98 Å². The highest BCUT2D eigenvalue weighted by Gasteiger charge is 2.21. The maximum Gasteiger partial charge on any atom is 0.273 e. The number of aromatic nitrogens is 1. The molecule has 0 aliphatic carbocycles. The van der Waals surface area contributed by atoms with Crippen LogP contribution < -0.4 is 5.32 Å². The summed E-state index contributed by atoms with van der Waals surface area (Å²) in [5, 5.41) is 4.86. The third kappa shape index (κ3) is 2.76. The van der Waals surface area contributed by atoms with Gasteiger partial charge in [0.05, 0.1) is 11.5 Å². The topological polar surface area (TPSA) is 64.4 Å². The highest BCUT2D eigenvalue weighted by atomic mass is 32.1. The summed E-state index contributed by atoms with van der Waals surface area (Å²) in [7, 11) is 0. The normalized spacial score (nSPS) is 18.4. The first-order chi connectivity index (χ1) is 9.74. The molecule has 20 heavy (non-hydrogen) atoms. The SMILES string of the molecule is Cc1oc(-c2cccs2)nc1C(=O)NC[C@H]1CCOC1. The molecule has 6 heteroatoms. The molecule has 0 unspecified atom stereocenters. The molecule has 1 atom stereocenters. The van der Waals surface area contributed by atoms with Gasteiger partial charge in [-0.05, 0) is 24.8 Å². The monoisotopic (exact) mass is 292 g/mol. The zero-order chi connectivity index (χ0) is 13.9. The van der Waals surface area contributed by atoms with Gasteiger partial charge >= 0.3 is 0 Å². The molecule has 2 aromatic heterocycles. The van der Waals surface area contributed by atoms with Crippen LogP contribution in [0.25, 0.3) is 10.8 Å². The van der Waals surface area contributed by atoms with E-state index in [0.717, 1.165) is 24.5 Å². The molecular weight excluding hydrogens is 276 g/mol. The van der Waals surface area contributed by atoms with E-state index >= 15 is 0 Å². The van der Waals surface area contributed by atoms with Crippen LogP contribution in [0.15, 0.2) is 21.9 Å². The van der Waals surface area contributed by atoms with Gasteiger partial charge < -0.3 is 14.5 Å². The minimum Gasteiger partial charge on any atom is -0.440 e. The van der Waals surface area contributed by atoms with Gasteiger partial charge in [-0.2, -0.15) is 0 Å². The predicted molar refractivity (Wildman–Crippen MR) is 75.8 cm³/mol. The number of aryl methyl sites for hydroxylation is 1. The van der Waals surface area contributed by atoms with Crippen LogP contribution in [0.1, 0.15) is 22.7 Å². The Morgan fingerprint density at radius 3 is 3.20 bits per heavy atom. The molecule has 2 aromatic rings. The van der Waals surface area contributed by atoms with Gasteiger partial charge in [-0.1, -0.05) is 6.07 Å². The Kier molecular flexibility index (Phi) is 3.84. The molecule has 1 N–H and O–H groups in total. The summed E-state index contributed by atoms with van der Waals surface area (Å²) in [6.07, 6.45) is 0.999. The van der Waals surface area contributed by atoms with Crippen molar-refractivity contribution in [1.82, 2.24) is 10.3 Å². The van der Waals surface area contributed by atoms with E-state index in [4.69, 9.17) is 9.15 Å². The molecule has 0 spiro atoms. The molecule has 1 aliphatic rings. The number of oxazole rings is 1. The van der Waals surface area contributed by atoms with Gasteiger partial charge in [-0.15, -0.1) is 11.3 Å². The van der Waals surface area contributed by atoms with Gasteiger partial charge in [0, 0.05) is 19.1 Å². The Bertz CT molecular complexity index is 586. The van der Waals surface area contributed by atoms with Crippen molar-refractivity contribution < 1.29 is 13.9 Å². The molecular formula is C14H16N2O3S. The lowest BCUT2D eigenvalue weighted by Crippen LogP contribution is -2.30. The number of hydrogen-bond donors (Lipinski definition) is 1. The molecule has 0 aromatic carbocycles. The van der Waals surface area contributed by atoms with Gasteiger partial charge in [0.15, 0.2) is 5.69 Å². The zero-order valence-corrected chi connectivity index (χ0v) is 12.0. The molecule has 3 heterocycles. The number of amides is 1. The summed E-state index contributed by atoms with van der Waals surface area (Å²) in [4.78, 5) is 17.4. The summed E-state index contributed by atoms with van der Waals surface area (Å²) in [6.45, 7) is 3.89. The lowest BCUT2D eigenvalue weighted by Gasteiger charge is -2.07. The fourth-order valence-electron chi connectivity index (χ4n) is 2.18. The van der Waals surface area contributed by atoms with E-state index in [1.54, 1.807) is 6.92 Å². The number of thiophene rings is 1. The van der Waals surface area contributed by atoms with Gasteiger partial charge in [0.25, 0.3) is 5.91 Å². The van der Waals surface area contributed by atoms with Crippen molar-refractivity contribution in [3.05, 3.63) is 29.0 Å². The van der Waals surface area contributed by atoms with Crippen LogP contribution >= 0.6 is 11.3 Å². The number of carbonyl (C=O) groups excluding carboxylic acids is 1. The number of ether oxygens (including phenoxy) is 1. The van der Waals surface area contributed by atoms with E-state index < -0.39 is 0 Å². The standard InChI is InChI=1S/C14H16N2O3S/c1-9-12(13(17)15-7-10-4-5-18-8-10)16-14(19-9)11-3-2-6-20-11/h2-3,6,10H,4-5,7-8H2,1H3,(H,15,17)/t10-/m1/s1. The third-order valence-corrected chi connectivity index (χ3v) is 4.18. The number of carbonyl (C=O) groups is 1. The average molecular weight is 292 g/mol. The summed E-state index contributed by atoms with van der Waals surface area (Å²) in [6, 6.07) is 3.85. The van der Waals surface area contributed by atoms with Crippen molar-refractivity contribution in [3.8, 4) is 10.8 Å². The summed E-state index contributed by atoms with van der Waals surface area (Å²) in [5.74, 6) is 1.28. The van der Waals surface area contributed by atoms with Crippen LogP contribution in [-0.4, -0.2) is 30.6 Å². The van der Waals surface area contributed by atoms with Gasteiger partial charge in [0.1, 0.15) is 5.76 Å². The van der Waals surface area contributed by atoms with E-state index in [9.17, 15) is 4.79 Å². The molecule has 1 fully saturated rings.